The first-order valence-corrected chi connectivity index (χ1v) is 9.77. The maximum absolute atomic E-state index is 12.2. The average molecular weight is 331 g/mol. The molecule has 2 rings (SSSR count). The Hall–Kier alpha value is -1.15. The number of rotatable bonds is 6. The SMILES string of the molecule is CS(=O)(=O)N1CCCC[C@H]1C(=O)NCCCN1CCCC1=O. The highest BCUT2D eigenvalue weighted by atomic mass is 32.2. The quantitative estimate of drug-likeness (QED) is 0.690. The zero-order chi connectivity index (χ0) is 16.2. The highest BCUT2D eigenvalue weighted by Gasteiger charge is 2.34. The highest BCUT2D eigenvalue weighted by Crippen LogP contribution is 2.20. The van der Waals surface area contributed by atoms with Crippen LogP contribution >= 0.6 is 0 Å². The van der Waals surface area contributed by atoms with E-state index in [-0.39, 0.29) is 11.8 Å². The number of amides is 2. The Morgan fingerprint density at radius 3 is 2.68 bits per heavy atom. The summed E-state index contributed by atoms with van der Waals surface area (Å²) in [6.07, 6.45) is 5.62. The predicted molar refractivity (Wildman–Crippen MR) is 82.6 cm³/mol. The van der Waals surface area contributed by atoms with Crippen molar-refractivity contribution in [3.05, 3.63) is 0 Å². The molecule has 2 fully saturated rings. The molecule has 0 radical (unpaired) electrons. The first-order chi connectivity index (χ1) is 10.4. The van der Waals surface area contributed by atoms with Crippen LogP contribution in [0.15, 0.2) is 0 Å². The molecule has 2 aliphatic rings. The van der Waals surface area contributed by atoms with Crippen molar-refractivity contribution in [2.24, 2.45) is 0 Å². The molecule has 0 bridgehead atoms. The van der Waals surface area contributed by atoms with E-state index in [1.807, 2.05) is 4.90 Å². The van der Waals surface area contributed by atoms with E-state index in [1.54, 1.807) is 0 Å². The Kier molecular flexibility index (Phi) is 5.80. The normalized spacial score (nSPS) is 23.8. The van der Waals surface area contributed by atoms with Crippen molar-refractivity contribution in [1.29, 1.82) is 0 Å². The van der Waals surface area contributed by atoms with Crippen LogP contribution < -0.4 is 5.32 Å². The Morgan fingerprint density at radius 1 is 1.27 bits per heavy atom. The van der Waals surface area contributed by atoms with Gasteiger partial charge in [0.05, 0.1) is 6.26 Å². The fourth-order valence-corrected chi connectivity index (χ4v) is 4.23. The number of hydrogen-bond acceptors (Lipinski definition) is 4. The Balaban J connectivity index is 1.77. The molecule has 2 aliphatic heterocycles. The van der Waals surface area contributed by atoms with Crippen LogP contribution in [0.3, 0.4) is 0 Å². The van der Waals surface area contributed by atoms with E-state index in [0.717, 1.165) is 32.1 Å². The topological polar surface area (TPSA) is 86.8 Å². The molecule has 1 atom stereocenters. The van der Waals surface area contributed by atoms with Crippen molar-refractivity contribution in [1.82, 2.24) is 14.5 Å². The molecule has 0 aromatic carbocycles. The fraction of sp³-hybridized carbons (Fsp3) is 0.857. The molecule has 0 unspecified atom stereocenters. The van der Waals surface area contributed by atoms with E-state index < -0.39 is 16.1 Å². The highest BCUT2D eigenvalue weighted by molar-refractivity contribution is 7.88. The standard InChI is InChI=1S/C14H25N3O4S/c1-22(20,21)17-11-3-2-6-12(17)14(19)15-8-5-10-16-9-4-7-13(16)18/h12H,2-11H2,1H3,(H,15,19)/t12-/m0/s1. The minimum absolute atomic E-state index is 0.182. The Labute approximate surface area is 132 Å². The van der Waals surface area contributed by atoms with Crippen LogP contribution in [0.5, 0.6) is 0 Å². The van der Waals surface area contributed by atoms with Crippen molar-refractivity contribution < 1.29 is 18.0 Å². The number of carbonyl (C=O) groups is 2. The first-order valence-electron chi connectivity index (χ1n) is 7.92. The van der Waals surface area contributed by atoms with Gasteiger partial charge in [0.15, 0.2) is 0 Å². The molecule has 1 N–H and O–H groups in total. The second kappa shape index (κ2) is 7.41. The van der Waals surface area contributed by atoms with E-state index in [2.05, 4.69) is 5.32 Å². The van der Waals surface area contributed by atoms with Gasteiger partial charge in [0.2, 0.25) is 21.8 Å². The minimum atomic E-state index is -3.35. The van der Waals surface area contributed by atoms with Crippen molar-refractivity contribution in [2.75, 3.05) is 32.4 Å². The molecule has 22 heavy (non-hydrogen) atoms. The van der Waals surface area contributed by atoms with Crippen molar-refractivity contribution in [2.45, 2.75) is 44.6 Å². The number of nitrogens with zero attached hydrogens (tertiary/aromatic N) is 2. The second-order valence-electron chi connectivity index (χ2n) is 6.01. The van der Waals surface area contributed by atoms with Gasteiger partial charge in [-0.05, 0) is 25.7 Å². The lowest BCUT2D eigenvalue weighted by Gasteiger charge is -2.32. The Bertz CT molecular complexity index is 520. The van der Waals surface area contributed by atoms with Gasteiger partial charge in [-0.15, -0.1) is 0 Å². The third kappa shape index (κ3) is 4.42. The lowest BCUT2D eigenvalue weighted by Crippen LogP contribution is -2.51. The molecule has 0 aliphatic carbocycles. The van der Waals surface area contributed by atoms with Gasteiger partial charge in [-0.3, -0.25) is 9.59 Å². The molecule has 0 aromatic rings. The summed E-state index contributed by atoms with van der Waals surface area (Å²) < 4.78 is 24.8. The molecule has 2 amide bonds. The van der Waals surface area contributed by atoms with Gasteiger partial charge in [-0.2, -0.15) is 4.31 Å². The van der Waals surface area contributed by atoms with E-state index >= 15 is 0 Å². The van der Waals surface area contributed by atoms with Crippen molar-refractivity contribution >= 4 is 21.8 Å². The van der Waals surface area contributed by atoms with Gasteiger partial charge in [0, 0.05) is 32.6 Å². The second-order valence-corrected chi connectivity index (χ2v) is 7.95. The van der Waals surface area contributed by atoms with E-state index in [4.69, 9.17) is 0 Å². The van der Waals surface area contributed by atoms with Gasteiger partial charge in [-0.1, -0.05) is 6.42 Å². The molecular weight excluding hydrogens is 306 g/mol. The van der Waals surface area contributed by atoms with Gasteiger partial charge >= 0.3 is 0 Å². The van der Waals surface area contributed by atoms with Crippen molar-refractivity contribution in [3.63, 3.8) is 0 Å². The molecule has 8 heteroatoms. The van der Waals surface area contributed by atoms with Crippen LogP contribution in [0.1, 0.15) is 38.5 Å². The first kappa shape index (κ1) is 17.2. The number of piperidine rings is 1. The number of likely N-dealkylation sites (tertiary alicyclic amines) is 1. The average Bonchev–Trinajstić information content (AvgIpc) is 2.88. The third-order valence-corrected chi connectivity index (χ3v) is 5.55. The van der Waals surface area contributed by atoms with Crippen LogP contribution in [0.25, 0.3) is 0 Å². The van der Waals surface area contributed by atoms with Gasteiger partial charge in [0.25, 0.3) is 0 Å². The summed E-state index contributed by atoms with van der Waals surface area (Å²) in [5.74, 6) is -0.0419. The molecule has 0 saturated carbocycles. The maximum atomic E-state index is 12.2. The molecule has 126 valence electrons. The largest absolute Gasteiger partial charge is 0.355 e. The van der Waals surface area contributed by atoms with E-state index in [1.165, 1.54) is 4.31 Å². The summed E-state index contributed by atoms with van der Waals surface area (Å²) in [6.45, 7) is 2.34. The number of hydrogen-bond donors (Lipinski definition) is 1. The lowest BCUT2D eigenvalue weighted by molar-refractivity contribution is -0.127. The molecule has 7 nitrogen and oxygen atoms in total. The zero-order valence-corrected chi connectivity index (χ0v) is 13.9. The fourth-order valence-electron chi connectivity index (χ4n) is 3.10. The summed E-state index contributed by atoms with van der Waals surface area (Å²) in [7, 11) is -3.35. The summed E-state index contributed by atoms with van der Waals surface area (Å²) >= 11 is 0. The summed E-state index contributed by atoms with van der Waals surface area (Å²) in [4.78, 5) is 25.5. The third-order valence-electron chi connectivity index (χ3n) is 4.26. The van der Waals surface area contributed by atoms with Crippen LogP contribution in [-0.2, 0) is 19.6 Å². The molecular formula is C14H25N3O4S. The van der Waals surface area contributed by atoms with E-state index in [9.17, 15) is 18.0 Å². The van der Waals surface area contributed by atoms with Crippen molar-refractivity contribution in [3.8, 4) is 0 Å². The van der Waals surface area contributed by atoms with Gasteiger partial charge in [0.1, 0.15) is 6.04 Å². The monoisotopic (exact) mass is 331 g/mol. The zero-order valence-electron chi connectivity index (χ0n) is 13.1. The number of sulfonamides is 1. The lowest BCUT2D eigenvalue weighted by atomic mass is 10.0. The van der Waals surface area contributed by atoms with Crippen LogP contribution in [0.2, 0.25) is 0 Å². The minimum Gasteiger partial charge on any atom is -0.355 e. The van der Waals surface area contributed by atoms with Crippen LogP contribution in [0, 0.1) is 0 Å². The predicted octanol–water partition coefficient (Wildman–Crippen LogP) is -0.0708. The van der Waals surface area contributed by atoms with Gasteiger partial charge in [-0.25, -0.2) is 8.42 Å². The smallest absolute Gasteiger partial charge is 0.238 e. The molecule has 2 saturated heterocycles. The summed E-state index contributed by atoms with van der Waals surface area (Å²) in [5, 5.41) is 2.81. The molecule has 2 heterocycles. The van der Waals surface area contributed by atoms with Crippen LogP contribution in [0.4, 0.5) is 0 Å². The summed E-state index contributed by atoms with van der Waals surface area (Å²) in [5.41, 5.74) is 0. The van der Waals surface area contributed by atoms with Crippen LogP contribution in [-0.4, -0.2) is 67.9 Å². The number of nitrogens with one attached hydrogen (secondary N) is 1. The number of carbonyl (C=O) groups excluding carboxylic acids is 2. The Morgan fingerprint density at radius 2 is 2.05 bits per heavy atom. The maximum Gasteiger partial charge on any atom is 0.238 e. The van der Waals surface area contributed by atoms with Gasteiger partial charge < -0.3 is 10.2 Å². The molecule has 0 aromatic heterocycles. The summed E-state index contributed by atoms with van der Waals surface area (Å²) in [6, 6.07) is -0.586. The molecule has 0 spiro atoms. The van der Waals surface area contributed by atoms with E-state index in [0.29, 0.717) is 38.9 Å².